The number of aliphatic hydroxyl groups is 1. The maximum atomic E-state index is 13.0. The molecule has 1 aliphatic carbocycles. The Labute approximate surface area is 256 Å². The van der Waals surface area contributed by atoms with Crippen LogP contribution >= 0.6 is 0 Å². The molecule has 2 fully saturated rings. The predicted octanol–water partition coefficient (Wildman–Crippen LogP) is 4.98. The molecule has 3 atom stereocenters. The minimum Gasteiger partial charge on any atom is -0.504 e. The normalized spacial score (nSPS) is 20.4. The topological polar surface area (TPSA) is 134 Å². The second-order valence-electron chi connectivity index (χ2n) is 12.6. The smallest absolute Gasteiger partial charge is 0.302 e. The molecule has 9 heteroatoms. The third-order valence-electron chi connectivity index (χ3n) is 8.76. The van der Waals surface area contributed by atoms with E-state index in [2.05, 4.69) is 18.3 Å². The number of unbranched alkanes of at least 4 members (excludes halogenated alkanes) is 2. The lowest BCUT2D eigenvalue weighted by molar-refractivity contribution is -0.148. The number of phenols is 1. The van der Waals surface area contributed by atoms with Crippen molar-refractivity contribution in [1.29, 1.82) is 0 Å². The van der Waals surface area contributed by atoms with Crippen molar-refractivity contribution in [2.75, 3.05) is 13.1 Å². The number of phenolic OH excluding ortho intramolecular Hbond substituents is 1. The number of carbonyl (C=O) groups is 2. The minimum absolute atomic E-state index is 0.0672. The van der Waals surface area contributed by atoms with Crippen molar-refractivity contribution < 1.29 is 29.3 Å². The van der Waals surface area contributed by atoms with Crippen LogP contribution in [0, 0.1) is 5.92 Å². The Morgan fingerprint density at radius 2 is 2.00 bits per heavy atom. The first-order chi connectivity index (χ1) is 20.7. The maximum Gasteiger partial charge on any atom is 0.302 e. The molecule has 43 heavy (non-hydrogen) atoms. The molecule has 1 saturated carbocycles. The fraction of sp³-hybridized carbons (Fsp3) is 0.647. The zero-order chi connectivity index (χ0) is 30.8. The number of aliphatic hydroxyl groups excluding tert-OH is 1. The van der Waals surface area contributed by atoms with E-state index in [1.165, 1.54) is 6.92 Å². The van der Waals surface area contributed by atoms with Crippen molar-refractivity contribution >= 4 is 11.9 Å². The molecule has 5 N–H and O–H groups in total. The standard InChI is InChI=1S/C34H51N3O6/c1-3-4-5-8-28(39)20-30(42-23(2)38)12-11-24-16-27(34(41)31(17-24)43-29-9-6-7-10-29)22-37-21-26(19-33(37)40)15-25-13-14-36-32(35)18-25/h13,16-18,26,28-30,36,39,41H,3-12,14-15,19-22,35H2,1-2H3. The van der Waals surface area contributed by atoms with E-state index in [9.17, 15) is 19.8 Å². The molecule has 9 nitrogen and oxygen atoms in total. The van der Waals surface area contributed by atoms with Gasteiger partial charge in [-0.05, 0) is 80.6 Å². The van der Waals surface area contributed by atoms with Gasteiger partial charge in [0.25, 0.3) is 0 Å². The van der Waals surface area contributed by atoms with Gasteiger partial charge in [-0.1, -0.05) is 38.3 Å². The maximum absolute atomic E-state index is 13.0. The lowest BCUT2D eigenvalue weighted by atomic mass is 9.97. The van der Waals surface area contributed by atoms with Crippen LogP contribution in [0.2, 0.25) is 0 Å². The number of amides is 1. The first-order valence-electron chi connectivity index (χ1n) is 16.2. The zero-order valence-corrected chi connectivity index (χ0v) is 26.0. The summed E-state index contributed by atoms with van der Waals surface area (Å²) in [7, 11) is 0. The van der Waals surface area contributed by atoms with Crippen LogP contribution < -0.4 is 15.8 Å². The highest BCUT2D eigenvalue weighted by Gasteiger charge is 2.31. The molecule has 0 bridgehead atoms. The number of aromatic hydroxyl groups is 1. The van der Waals surface area contributed by atoms with E-state index < -0.39 is 12.2 Å². The molecule has 2 aliphatic heterocycles. The Balaban J connectivity index is 1.46. The van der Waals surface area contributed by atoms with E-state index in [-0.39, 0.29) is 29.6 Å². The predicted molar refractivity (Wildman–Crippen MR) is 166 cm³/mol. The fourth-order valence-electron chi connectivity index (χ4n) is 6.54. The first kappa shape index (κ1) is 32.7. The Morgan fingerprint density at radius 1 is 1.21 bits per heavy atom. The fourth-order valence-corrected chi connectivity index (χ4v) is 6.54. The number of nitrogens with two attached hydrogens (primary N) is 1. The van der Waals surface area contributed by atoms with E-state index >= 15 is 0 Å². The average Bonchev–Trinajstić information content (AvgIpc) is 3.58. The van der Waals surface area contributed by atoms with E-state index in [1.807, 2.05) is 23.1 Å². The lowest BCUT2D eigenvalue weighted by Crippen LogP contribution is -2.25. The zero-order valence-electron chi connectivity index (χ0n) is 26.0. The highest BCUT2D eigenvalue weighted by Crippen LogP contribution is 2.37. The summed E-state index contributed by atoms with van der Waals surface area (Å²) < 4.78 is 11.9. The van der Waals surface area contributed by atoms with Crippen LogP contribution in [0.1, 0.15) is 102 Å². The van der Waals surface area contributed by atoms with Gasteiger partial charge in [0.05, 0.1) is 18.0 Å². The van der Waals surface area contributed by atoms with Crippen LogP contribution in [0.25, 0.3) is 0 Å². The number of ether oxygens (including phenoxy) is 2. The Bertz CT molecular complexity index is 1160. The second kappa shape index (κ2) is 16.0. The van der Waals surface area contributed by atoms with Crippen LogP contribution in [0.4, 0.5) is 0 Å². The molecule has 238 valence electrons. The number of hydrogen-bond acceptors (Lipinski definition) is 8. The van der Waals surface area contributed by atoms with Gasteiger partial charge in [0.1, 0.15) is 6.10 Å². The molecule has 1 saturated heterocycles. The Morgan fingerprint density at radius 3 is 2.72 bits per heavy atom. The molecule has 3 aliphatic rings. The number of allylic oxidation sites excluding steroid dienone is 2. The largest absolute Gasteiger partial charge is 0.504 e. The lowest BCUT2D eigenvalue weighted by Gasteiger charge is -2.23. The van der Waals surface area contributed by atoms with Crippen LogP contribution in [0.5, 0.6) is 11.5 Å². The number of dihydropyridines is 1. The number of carbonyl (C=O) groups excluding carboxylic acids is 2. The summed E-state index contributed by atoms with van der Waals surface area (Å²) in [6.45, 7) is 5.14. The highest BCUT2D eigenvalue weighted by molar-refractivity contribution is 5.79. The molecule has 4 rings (SSSR count). The van der Waals surface area contributed by atoms with E-state index in [0.29, 0.717) is 68.9 Å². The summed E-state index contributed by atoms with van der Waals surface area (Å²) in [5, 5.41) is 24.9. The van der Waals surface area contributed by atoms with Crippen molar-refractivity contribution in [2.24, 2.45) is 11.7 Å². The van der Waals surface area contributed by atoms with Gasteiger partial charge in [0, 0.05) is 45.0 Å². The summed E-state index contributed by atoms with van der Waals surface area (Å²) >= 11 is 0. The van der Waals surface area contributed by atoms with Crippen LogP contribution in [-0.4, -0.2) is 58.4 Å². The summed E-state index contributed by atoms with van der Waals surface area (Å²) in [5.74, 6) is 1.10. The molecular weight excluding hydrogens is 546 g/mol. The van der Waals surface area contributed by atoms with Gasteiger partial charge < -0.3 is 35.6 Å². The van der Waals surface area contributed by atoms with Crippen LogP contribution in [0.3, 0.4) is 0 Å². The number of benzene rings is 1. The Hall–Kier alpha value is -3.20. The van der Waals surface area contributed by atoms with Crippen molar-refractivity contribution in [3.05, 3.63) is 46.8 Å². The number of esters is 1. The number of nitrogens with one attached hydrogen (secondary N) is 1. The summed E-state index contributed by atoms with van der Waals surface area (Å²) in [6.07, 6.45) is 13.9. The number of likely N-dealkylation sites (tertiary alicyclic amines) is 1. The molecule has 1 amide bonds. The van der Waals surface area contributed by atoms with Crippen LogP contribution in [0.15, 0.2) is 35.7 Å². The molecule has 3 unspecified atom stereocenters. The number of nitrogens with zero attached hydrogens (tertiary/aromatic N) is 1. The molecule has 1 aromatic carbocycles. The molecule has 0 radical (unpaired) electrons. The van der Waals surface area contributed by atoms with Crippen molar-refractivity contribution in [3.63, 3.8) is 0 Å². The number of aryl methyl sites for hydroxylation is 1. The van der Waals surface area contributed by atoms with E-state index in [0.717, 1.165) is 62.5 Å². The Kier molecular flexibility index (Phi) is 12.2. The van der Waals surface area contributed by atoms with Gasteiger partial charge in [0.15, 0.2) is 11.5 Å². The third-order valence-corrected chi connectivity index (χ3v) is 8.76. The van der Waals surface area contributed by atoms with E-state index in [1.54, 1.807) is 0 Å². The van der Waals surface area contributed by atoms with Gasteiger partial charge in [-0.25, -0.2) is 0 Å². The molecule has 1 aromatic rings. The monoisotopic (exact) mass is 597 g/mol. The van der Waals surface area contributed by atoms with Crippen molar-refractivity contribution in [1.82, 2.24) is 10.2 Å². The average molecular weight is 598 g/mol. The van der Waals surface area contributed by atoms with Gasteiger partial charge in [-0.3, -0.25) is 9.59 Å². The first-order valence-corrected chi connectivity index (χ1v) is 16.2. The van der Waals surface area contributed by atoms with Gasteiger partial charge in [-0.15, -0.1) is 0 Å². The van der Waals surface area contributed by atoms with Gasteiger partial charge in [-0.2, -0.15) is 0 Å². The van der Waals surface area contributed by atoms with Gasteiger partial charge >= 0.3 is 5.97 Å². The highest BCUT2D eigenvalue weighted by atomic mass is 16.5. The number of rotatable bonds is 16. The quantitative estimate of drug-likeness (QED) is 0.155. The second-order valence-corrected chi connectivity index (χ2v) is 12.6. The van der Waals surface area contributed by atoms with E-state index in [4.69, 9.17) is 15.2 Å². The molecule has 2 heterocycles. The molecule has 0 spiro atoms. The molecule has 0 aromatic heterocycles. The summed E-state index contributed by atoms with van der Waals surface area (Å²) in [4.78, 5) is 26.7. The minimum atomic E-state index is -0.519. The SMILES string of the molecule is CCCCCC(O)CC(CCc1cc(CN2CC(CC3=CCNC(N)=C3)CC2=O)c(O)c(OC2CCCC2)c1)OC(C)=O. The summed E-state index contributed by atoms with van der Waals surface area (Å²) in [5.41, 5.74) is 8.68. The number of hydrogen-bond donors (Lipinski definition) is 4. The third kappa shape index (κ3) is 10.2. The van der Waals surface area contributed by atoms with Gasteiger partial charge in [0.2, 0.25) is 5.91 Å². The van der Waals surface area contributed by atoms with Crippen molar-refractivity contribution in [3.8, 4) is 11.5 Å². The van der Waals surface area contributed by atoms with Crippen LogP contribution in [-0.2, 0) is 27.3 Å². The molecular formula is C34H51N3O6. The van der Waals surface area contributed by atoms with Crippen molar-refractivity contribution in [2.45, 2.75) is 122 Å². The summed E-state index contributed by atoms with van der Waals surface area (Å²) in [6, 6.07) is 3.83.